The van der Waals surface area contributed by atoms with Crippen LogP contribution in [-0.2, 0) is 9.53 Å². The standard InChI is InChI=1S/C11H22N2O2/c1-2-3-5-15-6-4-13-11(14)7-10-8-12-9-10/h10,12H,2-9H2,1H3,(H,13,14). The van der Waals surface area contributed by atoms with E-state index >= 15 is 0 Å². The molecule has 0 aromatic heterocycles. The average molecular weight is 214 g/mol. The molecule has 1 fully saturated rings. The van der Waals surface area contributed by atoms with Gasteiger partial charge in [-0.2, -0.15) is 0 Å². The molecular weight excluding hydrogens is 192 g/mol. The second kappa shape index (κ2) is 7.65. The maximum atomic E-state index is 11.3. The van der Waals surface area contributed by atoms with Crippen molar-refractivity contribution in [3.8, 4) is 0 Å². The van der Waals surface area contributed by atoms with Crippen LogP contribution >= 0.6 is 0 Å². The van der Waals surface area contributed by atoms with Gasteiger partial charge >= 0.3 is 0 Å². The van der Waals surface area contributed by atoms with E-state index in [1.165, 1.54) is 0 Å². The summed E-state index contributed by atoms with van der Waals surface area (Å²) in [5.41, 5.74) is 0. The van der Waals surface area contributed by atoms with Crippen LogP contribution in [-0.4, -0.2) is 38.8 Å². The van der Waals surface area contributed by atoms with Gasteiger partial charge in [-0.1, -0.05) is 13.3 Å². The number of unbranched alkanes of at least 4 members (excludes halogenated alkanes) is 1. The first-order valence-electron chi connectivity index (χ1n) is 5.88. The quantitative estimate of drug-likeness (QED) is 0.579. The van der Waals surface area contributed by atoms with Crippen molar-refractivity contribution in [3.05, 3.63) is 0 Å². The van der Waals surface area contributed by atoms with E-state index in [1.807, 2.05) is 0 Å². The van der Waals surface area contributed by atoms with Gasteiger partial charge in [0.1, 0.15) is 0 Å². The predicted molar refractivity (Wildman–Crippen MR) is 59.7 cm³/mol. The lowest BCUT2D eigenvalue weighted by atomic mass is 9.99. The highest BCUT2D eigenvalue weighted by atomic mass is 16.5. The van der Waals surface area contributed by atoms with E-state index in [0.29, 0.717) is 25.5 Å². The molecule has 0 saturated carbocycles. The van der Waals surface area contributed by atoms with E-state index in [-0.39, 0.29) is 5.91 Å². The summed E-state index contributed by atoms with van der Waals surface area (Å²) in [5, 5.41) is 6.02. The molecule has 4 nitrogen and oxygen atoms in total. The van der Waals surface area contributed by atoms with Gasteiger partial charge in [-0.25, -0.2) is 0 Å². The first-order chi connectivity index (χ1) is 7.33. The molecule has 0 aromatic carbocycles. The largest absolute Gasteiger partial charge is 0.380 e. The first-order valence-corrected chi connectivity index (χ1v) is 5.88. The molecule has 15 heavy (non-hydrogen) atoms. The topological polar surface area (TPSA) is 50.4 Å². The molecule has 0 aliphatic carbocycles. The third-order valence-electron chi connectivity index (χ3n) is 2.55. The Bertz CT molecular complexity index is 181. The Morgan fingerprint density at radius 1 is 1.47 bits per heavy atom. The van der Waals surface area contributed by atoms with Gasteiger partial charge in [-0.15, -0.1) is 0 Å². The monoisotopic (exact) mass is 214 g/mol. The molecule has 0 bridgehead atoms. The molecule has 88 valence electrons. The van der Waals surface area contributed by atoms with E-state index in [9.17, 15) is 4.79 Å². The number of carbonyl (C=O) groups is 1. The number of amides is 1. The minimum Gasteiger partial charge on any atom is -0.380 e. The second-order valence-corrected chi connectivity index (χ2v) is 4.04. The molecule has 1 aliphatic rings. The number of carbonyl (C=O) groups excluding carboxylic acids is 1. The fourth-order valence-electron chi connectivity index (χ4n) is 1.44. The molecule has 1 rings (SSSR count). The zero-order chi connectivity index (χ0) is 10.9. The Kier molecular flexibility index (Phi) is 6.36. The summed E-state index contributed by atoms with van der Waals surface area (Å²) < 4.78 is 5.34. The van der Waals surface area contributed by atoms with Crippen molar-refractivity contribution >= 4 is 5.91 Å². The lowest BCUT2D eigenvalue weighted by molar-refractivity contribution is -0.122. The van der Waals surface area contributed by atoms with Crippen molar-refractivity contribution in [1.29, 1.82) is 0 Å². The van der Waals surface area contributed by atoms with E-state index in [1.54, 1.807) is 0 Å². The van der Waals surface area contributed by atoms with E-state index in [0.717, 1.165) is 32.5 Å². The van der Waals surface area contributed by atoms with Crippen LogP contribution in [0.15, 0.2) is 0 Å². The maximum Gasteiger partial charge on any atom is 0.220 e. The van der Waals surface area contributed by atoms with E-state index in [4.69, 9.17) is 4.74 Å². The average Bonchev–Trinajstić information content (AvgIpc) is 2.17. The highest BCUT2D eigenvalue weighted by Gasteiger charge is 2.19. The normalized spacial score (nSPS) is 16.1. The van der Waals surface area contributed by atoms with Gasteiger partial charge in [-0.05, 0) is 25.4 Å². The molecule has 4 heteroatoms. The van der Waals surface area contributed by atoms with E-state index < -0.39 is 0 Å². The molecule has 1 saturated heterocycles. The molecule has 2 N–H and O–H groups in total. The van der Waals surface area contributed by atoms with Gasteiger partial charge in [0.05, 0.1) is 6.61 Å². The summed E-state index contributed by atoms with van der Waals surface area (Å²) in [7, 11) is 0. The summed E-state index contributed by atoms with van der Waals surface area (Å²) in [6.07, 6.45) is 2.91. The zero-order valence-electron chi connectivity index (χ0n) is 9.55. The Morgan fingerprint density at radius 3 is 2.87 bits per heavy atom. The van der Waals surface area contributed by atoms with Gasteiger partial charge in [-0.3, -0.25) is 4.79 Å². The van der Waals surface area contributed by atoms with Crippen molar-refractivity contribution in [1.82, 2.24) is 10.6 Å². The first kappa shape index (κ1) is 12.5. The smallest absolute Gasteiger partial charge is 0.220 e. The third kappa shape index (κ3) is 5.74. The molecule has 1 heterocycles. The Hall–Kier alpha value is -0.610. The van der Waals surface area contributed by atoms with Crippen molar-refractivity contribution in [2.75, 3.05) is 32.8 Å². The Balaban J connectivity index is 1.83. The Labute approximate surface area is 91.8 Å². The van der Waals surface area contributed by atoms with Crippen LogP contribution < -0.4 is 10.6 Å². The molecule has 1 aliphatic heterocycles. The van der Waals surface area contributed by atoms with Crippen LogP contribution in [0.2, 0.25) is 0 Å². The number of hydrogen-bond acceptors (Lipinski definition) is 3. The fourth-order valence-corrected chi connectivity index (χ4v) is 1.44. The van der Waals surface area contributed by atoms with Crippen molar-refractivity contribution in [2.45, 2.75) is 26.2 Å². The van der Waals surface area contributed by atoms with Crippen LogP contribution in [0.4, 0.5) is 0 Å². The molecule has 0 aromatic rings. The highest BCUT2D eigenvalue weighted by Crippen LogP contribution is 2.07. The van der Waals surface area contributed by atoms with Gasteiger partial charge in [0.15, 0.2) is 0 Å². The SMILES string of the molecule is CCCCOCCNC(=O)CC1CNC1. The highest BCUT2D eigenvalue weighted by molar-refractivity contribution is 5.76. The zero-order valence-corrected chi connectivity index (χ0v) is 9.55. The third-order valence-corrected chi connectivity index (χ3v) is 2.55. The van der Waals surface area contributed by atoms with Crippen molar-refractivity contribution in [2.24, 2.45) is 5.92 Å². The van der Waals surface area contributed by atoms with Crippen LogP contribution in [0, 0.1) is 5.92 Å². The molecule has 1 amide bonds. The lowest BCUT2D eigenvalue weighted by Gasteiger charge is -2.26. The maximum absolute atomic E-state index is 11.3. The molecule has 0 unspecified atom stereocenters. The number of ether oxygens (including phenoxy) is 1. The van der Waals surface area contributed by atoms with Gasteiger partial charge in [0.25, 0.3) is 0 Å². The minimum atomic E-state index is 0.153. The van der Waals surface area contributed by atoms with Crippen LogP contribution in [0.5, 0.6) is 0 Å². The molecule has 0 atom stereocenters. The minimum absolute atomic E-state index is 0.153. The van der Waals surface area contributed by atoms with Gasteiger partial charge in [0, 0.05) is 19.6 Å². The predicted octanol–water partition coefficient (Wildman–Crippen LogP) is 0.529. The van der Waals surface area contributed by atoms with Crippen LogP contribution in [0.3, 0.4) is 0 Å². The summed E-state index contributed by atoms with van der Waals surface area (Å²) in [5.74, 6) is 0.701. The summed E-state index contributed by atoms with van der Waals surface area (Å²) in [6.45, 7) is 6.19. The Morgan fingerprint density at radius 2 is 2.27 bits per heavy atom. The van der Waals surface area contributed by atoms with E-state index in [2.05, 4.69) is 17.6 Å². The lowest BCUT2D eigenvalue weighted by Crippen LogP contribution is -2.44. The van der Waals surface area contributed by atoms with Crippen LogP contribution in [0.1, 0.15) is 26.2 Å². The van der Waals surface area contributed by atoms with Crippen LogP contribution in [0.25, 0.3) is 0 Å². The molecule has 0 spiro atoms. The molecule has 0 radical (unpaired) electrons. The summed E-state index contributed by atoms with van der Waals surface area (Å²) >= 11 is 0. The van der Waals surface area contributed by atoms with Crippen molar-refractivity contribution in [3.63, 3.8) is 0 Å². The van der Waals surface area contributed by atoms with Crippen molar-refractivity contribution < 1.29 is 9.53 Å². The van der Waals surface area contributed by atoms with Gasteiger partial charge in [0.2, 0.25) is 5.91 Å². The summed E-state index contributed by atoms with van der Waals surface area (Å²) in [6, 6.07) is 0. The number of nitrogens with one attached hydrogen (secondary N) is 2. The summed E-state index contributed by atoms with van der Waals surface area (Å²) in [4.78, 5) is 11.3. The number of rotatable bonds is 8. The molecular formula is C11H22N2O2. The van der Waals surface area contributed by atoms with Gasteiger partial charge < -0.3 is 15.4 Å². The number of hydrogen-bond donors (Lipinski definition) is 2. The second-order valence-electron chi connectivity index (χ2n) is 4.04. The fraction of sp³-hybridized carbons (Fsp3) is 0.909.